The van der Waals surface area contributed by atoms with E-state index in [0.29, 0.717) is 26.3 Å². The predicted molar refractivity (Wildman–Crippen MR) is 33.1 cm³/mol. The maximum absolute atomic E-state index is 10.4. The summed E-state index contributed by atoms with van der Waals surface area (Å²) >= 11 is 0. The number of hydrogen-bond acceptors (Lipinski definition) is 2. The third kappa shape index (κ3) is 2.61. The fraction of sp³-hybridized carbons (Fsp3) is 0.800. The number of carbonyl (C=O) groups is 1. The van der Waals surface area contributed by atoms with Gasteiger partial charge in [-0.05, 0) is 0 Å². The van der Waals surface area contributed by atoms with E-state index in [2.05, 4.69) is 0 Å². The molecule has 2 amide bonds. The largest absolute Gasteiger partial charge is 1.00 e. The van der Waals surface area contributed by atoms with Crippen LogP contribution in [-0.2, 0) is 4.74 Å². The van der Waals surface area contributed by atoms with Crippen LogP contribution >= 0.6 is 0 Å². The maximum Gasteiger partial charge on any atom is 1.00 e. The second-order valence-corrected chi connectivity index (χ2v) is 1.94. The predicted octanol–water partition coefficient (Wildman–Crippen LogP) is -3.49. The smallest absolute Gasteiger partial charge is 1.00 e. The summed E-state index contributed by atoms with van der Waals surface area (Å²) in [5.74, 6) is 0. The van der Waals surface area contributed by atoms with Gasteiger partial charge in [0.2, 0.25) is 0 Å². The number of hydrogen-bond donors (Lipinski definition) is 1. The van der Waals surface area contributed by atoms with Gasteiger partial charge in [0.05, 0.1) is 13.2 Å². The maximum atomic E-state index is 10.4. The number of amides is 2. The van der Waals surface area contributed by atoms with Crippen molar-refractivity contribution in [2.75, 3.05) is 26.3 Å². The summed E-state index contributed by atoms with van der Waals surface area (Å²) in [5.41, 5.74) is 5.00. The second kappa shape index (κ2) is 4.61. The number of ether oxygens (including phenoxy) is 1. The van der Waals surface area contributed by atoms with Gasteiger partial charge in [-0.2, -0.15) is 0 Å². The summed E-state index contributed by atoms with van der Waals surface area (Å²) in [4.78, 5) is 12.0. The zero-order chi connectivity index (χ0) is 6.69. The van der Waals surface area contributed by atoms with Crippen molar-refractivity contribution >= 4 is 6.03 Å². The van der Waals surface area contributed by atoms with Gasteiger partial charge < -0.3 is 16.8 Å². The third-order valence-corrected chi connectivity index (χ3v) is 1.32. The van der Waals surface area contributed by atoms with Crippen LogP contribution in [0.4, 0.5) is 4.79 Å². The van der Waals surface area contributed by atoms with E-state index in [9.17, 15) is 4.79 Å². The molecule has 1 aliphatic rings. The van der Waals surface area contributed by atoms with Crippen molar-refractivity contribution < 1.29 is 29.8 Å². The molecule has 0 aliphatic carbocycles. The molecule has 2 N–H and O–H groups in total. The first-order valence-electron chi connectivity index (χ1n) is 2.93. The molecule has 1 rings (SSSR count). The molecule has 1 fully saturated rings. The van der Waals surface area contributed by atoms with Gasteiger partial charge in [-0.3, -0.25) is 0 Å². The SMILES string of the molecule is NC(=O)N1CCOCC1.[H-].[Li+]. The Morgan fingerprint density at radius 2 is 2.00 bits per heavy atom. The van der Waals surface area contributed by atoms with E-state index in [1.165, 1.54) is 0 Å². The topological polar surface area (TPSA) is 55.6 Å². The van der Waals surface area contributed by atoms with Crippen LogP contribution in [0.2, 0.25) is 0 Å². The molecule has 0 aromatic rings. The molecule has 0 unspecified atom stereocenters. The number of morpholine rings is 1. The van der Waals surface area contributed by atoms with Crippen molar-refractivity contribution in [1.29, 1.82) is 0 Å². The van der Waals surface area contributed by atoms with Crippen molar-refractivity contribution in [2.24, 2.45) is 5.73 Å². The number of primary amides is 1. The van der Waals surface area contributed by atoms with Gasteiger partial charge in [0.1, 0.15) is 0 Å². The van der Waals surface area contributed by atoms with E-state index in [1.807, 2.05) is 0 Å². The van der Waals surface area contributed by atoms with E-state index in [4.69, 9.17) is 10.5 Å². The minimum atomic E-state index is -0.349. The molecule has 1 heterocycles. The monoisotopic (exact) mass is 138 g/mol. The Kier molecular flexibility index (Phi) is 4.53. The van der Waals surface area contributed by atoms with Crippen LogP contribution in [0, 0.1) is 0 Å². The zero-order valence-electron chi connectivity index (χ0n) is 7.17. The molecular formula is C5H11LiN2O2. The number of carbonyl (C=O) groups excluding carboxylic acids is 1. The van der Waals surface area contributed by atoms with Gasteiger partial charge in [-0.25, -0.2) is 4.79 Å². The van der Waals surface area contributed by atoms with Gasteiger partial charge >= 0.3 is 24.9 Å². The van der Waals surface area contributed by atoms with Crippen molar-refractivity contribution in [3.63, 3.8) is 0 Å². The average molecular weight is 138 g/mol. The fourth-order valence-corrected chi connectivity index (χ4v) is 0.784. The summed E-state index contributed by atoms with van der Waals surface area (Å²) in [5, 5.41) is 0. The summed E-state index contributed by atoms with van der Waals surface area (Å²) < 4.78 is 5.00. The van der Waals surface area contributed by atoms with E-state index in [0.717, 1.165) is 0 Å². The van der Waals surface area contributed by atoms with Gasteiger partial charge in [-0.15, -0.1) is 0 Å². The van der Waals surface area contributed by atoms with Gasteiger partial charge in [-0.1, -0.05) is 0 Å². The van der Waals surface area contributed by atoms with Crippen LogP contribution in [0.25, 0.3) is 0 Å². The Morgan fingerprint density at radius 1 is 1.50 bits per heavy atom. The van der Waals surface area contributed by atoms with Gasteiger partial charge in [0.25, 0.3) is 0 Å². The minimum Gasteiger partial charge on any atom is -1.00 e. The standard InChI is InChI=1S/C5H10N2O2.Li.H/c6-5(8)7-1-3-9-4-2-7;;/h1-4H2,(H2,6,8);;/q;+1;-1. The molecule has 0 aromatic heterocycles. The number of nitrogens with zero attached hydrogens (tertiary/aromatic N) is 1. The number of nitrogens with two attached hydrogens (primary N) is 1. The first-order valence-corrected chi connectivity index (χ1v) is 2.93. The van der Waals surface area contributed by atoms with Gasteiger partial charge in [0, 0.05) is 13.1 Å². The van der Waals surface area contributed by atoms with Crippen LogP contribution in [0.5, 0.6) is 0 Å². The molecule has 0 radical (unpaired) electrons. The fourth-order valence-electron chi connectivity index (χ4n) is 0.784. The Balaban J connectivity index is 0. The van der Waals surface area contributed by atoms with E-state index in [-0.39, 0.29) is 26.3 Å². The Morgan fingerprint density at radius 3 is 2.30 bits per heavy atom. The quantitative estimate of drug-likeness (QED) is 0.353. The summed E-state index contributed by atoms with van der Waals surface area (Å²) in [6.45, 7) is 2.50. The molecule has 54 valence electrons. The average Bonchev–Trinajstić information content (AvgIpc) is 1.90. The van der Waals surface area contributed by atoms with Crippen LogP contribution in [0.3, 0.4) is 0 Å². The van der Waals surface area contributed by atoms with E-state index < -0.39 is 0 Å². The van der Waals surface area contributed by atoms with Crippen molar-refractivity contribution in [3.05, 3.63) is 0 Å². The molecule has 0 saturated carbocycles. The summed E-state index contributed by atoms with van der Waals surface area (Å²) in [6, 6.07) is -0.349. The molecule has 4 nitrogen and oxygen atoms in total. The molecule has 0 aromatic carbocycles. The first kappa shape index (κ1) is 9.83. The van der Waals surface area contributed by atoms with Crippen LogP contribution < -0.4 is 24.6 Å². The minimum absolute atomic E-state index is 0. The van der Waals surface area contributed by atoms with Crippen LogP contribution in [-0.4, -0.2) is 37.2 Å². The second-order valence-electron chi connectivity index (χ2n) is 1.94. The first-order chi connectivity index (χ1) is 4.30. The Labute approximate surface area is 73.4 Å². The molecule has 10 heavy (non-hydrogen) atoms. The van der Waals surface area contributed by atoms with Crippen LogP contribution in [0.1, 0.15) is 1.43 Å². The molecule has 5 heteroatoms. The molecule has 1 saturated heterocycles. The summed E-state index contributed by atoms with van der Waals surface area (Å²) in [6.07, 6.45) is 0. The molecule has 0 bridgehead atoms. The Hall–Kier alpha value is -0.173. The van der Waals surface area contributed by atoms with E-state index >= 15 is 0 Å². The third-order valence-electron chi connectivity index (χ3n) is 1.32. The number of rotatable bonds is 0. The van der Waals surface area contributed by atoms with Gasteiger partial charge in [0.15, 0.2) is 0 Å². The van der Waals surface area contributed by atoms with Crippen molar-refractivity contribution in [3.8, 4) is 0 Å². The van der Waals surface area contributed by atoms with E-state index in [1.54, 1.807) is 4.90 Å². The molecule has 1 aliphatic heterocycles. The Bertz CT molecular complexity index is 119. The molecular weight excluding hydrogens is 127 g/mol. The van der Waals surface area contributed by atoms with Crippen LogP contribution in [0.15, 0.2) is 0 Å². The summed E-state index contributed by atoms with van der Waals surface area (Å²) in [7, 11) is 0. The normalized spacial score (nSPS) is 17.8. The van der Waals surface area contributed by atoms with Crippen molar-refractivity contribution in [1.82, 2.24) is 4.90 Å². The number of urea groups is 1. The molecule has 0 spiro atoms. The molecule has 0 atom stereocenters. The zero-order valence-corrected chi connectivity index (χ0v) is 6.17. The van der Waals surface area contributed by atoms with Crippen molar-refractivity contribution in [2.45, 2.75) is 0 Å².